The summed E-state index contributed by atoms with van der Waals surface area (Å²) < 4.78 is 6.24. The van der Waals surface area contributed by atoms with Crippen molar-refractivity contribution in [3.8, 4) is 5.75 Å². The molecule has 0 aliphatic carbocycles. The van der Waals surface area contributed by atoms with E-state index in [0.717, 1.165) is 53.1 Å². The van der Waals surface area contributed by atoms with Crippen LogP contribution in [0.5, 0.6) is 5.75 Å². The van der Waals surface area contributed by atoms with Gasteiger partial charge in [-0.15, -0.1) is 0 Å². The number of nitrogens with two attached hydrogens (primary N) is 1. The number of carbonyl (C=O) groups excluding carboxylic acids is 1. The fraction of sp³-hybridized carbons (Fsp3) is 0.731. The van der Waals surface area contributed by atoms with Crippen molar-refractivity contribution < 1.29 is 9.53 Å². The fourth-order valence-electron chi connectivity index (χ4n) is 4.38. The Hall–Kier alpha value is -1.71. The van der Waals surface area contributed by atoms with Gasteiger partial charge < -0.3 is 15.8 Å². The summed E-state index contributed by atoms with van der Waals surface area (Å²) in [7, 11) is 0. The first-order valence-electron chi connectivity index (χ1n) is 11.9. The minimum Gasteiger partial charge on any atom is -0.485 e. The second-order valence-corrected chi connectivity index (χ2v) is 10.4. The largest absolute Gasteiger partial charge is 0.485 e. The molecular weight excluding hydrogens is 372 g/mol. The lowest BCUT2D eigenvalue weighted by Crippen LogP contribution is -2.31. The first kappa shape index (κ1) is 24.6. The summed E-state index contributed by atoms with van der Waals surface area (Å²) in [6, 6.07) is 0. The molecule has 30 heavy (non-hydrogen) atoms. The number of carbonyl (C=O) groups is 1. The molecule has 0 spiro atoms. The van der Waals surface area contributed by atoms with Crippen LogP contribution in [0.15, 0.2) is 0 Å². The van der Waals surface area contributed by atoms with E-state index in [4.69, 9.17) is 10.5 Å². The number of benzene rings is 1. The van der Waals surface area contributed by atoms with Crippen LogP contribution in [0.3, 0.4) is 0 Å². The Morgan fingerprint density at radius 3 is 2.20 bits per heavy atom. The van der Waals surface area contributed by atoms with Crippen molar-refractivity contribution in [1.29, 1.82) is 0 Å². The van der Waals surface area contributed by atoms with Crippen molar-refractivity contribution in [3.63, 3.8) is 0 Å². The van der Waals surface area contributed by atoms with Gasteiger partial charge in [0.2, 0.25) is 5.91 Å². The van der Waals surface area contributed by atoms with Crippen LogP contribution in [-0.2, 0) is 11.2 Å². The average Bonchev–Trinajstić information content (AvgIpc) is 3.00. The number of fused-ring (bicyclic) bond motifs is 1. The minimum atomic E-state index is -0.421. The highest BCUT2D eigenvalue weighted by molar-refractivity contribution is 5.98. The van der Waals surface area contributed by atoms with Crippen LogP contribution in [0.25, 0.3) is 0 Å². The Morgan fingerprint density at radius 2 is 1.60 bits per heavy atom. The fourth-order valence-corrected chi connectivity index (χ4v) is 4.38. The molecule has 1 aromatic rings. The molecule has 2 rings (SSSR count). The number of nitrogens with one attached hydrogen (secondary N) is 1. The molecule has 0 unspecified atom stereocenters. The highest BCUT2D eigenvalue weighted by Crippen LogP contribution is 2.47. The van der Waals surface area contributed by atoms with E-state index in [1.807, 2.05) is 27.7 Å². The summed E-state index contributed by atoms with van der Waals surface area (Å²) in [5.74, 6) is 0.854. The van der Waals surface area contributed by atoms with Crippen LogP contribution in [0, 0.1) is 19.3 Å². The second-order valence-electron chi connectivity index (χ2n) is 10.4. The number of ether oxygens (including phenoxy) is 1. The molecule has 1 aromatic carbocycles. The van der Waals surface area contributed by atoms with Crippen LogP contribution in [0.4, 0.5) is 11.4 Å². The summed E-state index contributed by atoms with van der Waals surface area (Å²) >= 11 is 0. The number of amides is 1. The van der Waals surface area contributed by atoms with Crippen LogP contribution >= 0.6 is 0 Å². The SMILES string of the molecule is CCCCCCCCCCC(C)(C)C(=O)Nc1c(C)c(N)c(C)c2c1OC(C)(C)C2. The molecule has 0 radical (unpaired) electrons. The normalized spacial score (nSPS) is 15.0. The Balaban J connectivity index is 1.99. The predicted molar refractivity (Wildman–Crippen MR) is 128 cm³/mol. The maximum atomic E-state index is 13.2. The molecule has 170 valence electrons. The zero-order valence-corrected chi connectivity index (χ0v) is 20.5. The van der Waals surface area contributed by atoms with Crippen molar-refractivity contribution in [2.75, 3.05) is 11.1 Å². The quantitative estimate of drug-likeness (QED) is 0.299. The molecule has 0 aromatic heterocycles. The third-order valence-corrected chi connectivity index (χ3v) is 6.63. The van der Waals surface area contributed by atoms with Crippen LogP contribution < -0.4 is 15.8 Å². The highest BCUT2D eigenvalue weighted by Gasteiger charge is 2.37. The Kier molecular flexibility index (Phi) is 8.24. The summed E-state index contributed by atoms with van der Waals surface area (Å²) in [4.78, 5) is 13.2. The number of rotatable bonds is 11. The number of anilines is 2. The van der Waals surface area contributed by atoms with Gasteiger partial charge in [-0.2, -0.15) is 0 Å². The molecule has 1 heterocycles. The zero-order chi connectivity index (χ0) is 22.5. The summed E-state index contributed by atoms with van der Waals surface area (Å²) in [6.45, 7) is 14.5. The molecule has 0 atom stereocenters. The van der Waals surface area contributed by atoms with Gasteiger partial charge in [0, 0.05) is 23.1 Å². The lowest BCUT2D eigenvalue weighted by molar-refractivity contribution is -0.124. The minimum absolute atomic E-state index is 0.0484. The maximum absolute atomic E-state index is 13.2. The summed E-state index contributed by atoms with van der Waals surface area (Å²) in [6.07, 6.45) is 11.9. The predicted octanol–water partition coefficient (Wildman–Crippen LogP) is 7.09. The van der Waals surface area contributed by atoms with E-state index in [0.29, 0.717) is 0 Å². The van der Waals surface area contributed by atoms with Crippen molar-refractivity contribution in [3.05, 3.63) is 16.7 Å². The molecule has 0 saturated heterocycles. The smallest absolute Gasteiger partial charge is 0.230 e. The molecule has 1 aliphatic rings. The first-order chi connectivity index (χ1) is 14.0. The van der Waals surface area contributed by atoms with E-state index < -0.39 is 5.41 Å². The zero-order valence-electron chi connectivity index (χ0n) is 20.5. The van der Waals surface area contributed by atoms with E-state index >= 15 is 0 Å². The van der Waals surface area contributed by atoms with Gasteiger partial charge in [-0.3, -0.25) is 4.79 Å². The van der Waals surface area contributed by atoms with Crippen LogP contribution in [0.1, 0.15) is 109 Å². The van der Waals surface area contributed by atoms with Crippen LogP contribution in [-0.4, -0.2) is 11.5 Å². The molecule has 4 heteroatoms. The molecule has 0 saturated carbocycles. The van der Waals surface area contributed by atoms with E-state index in [2.05, 4.69) is 26.1 Å². The third kappa shape index (κ3) is 5.92. The van der Waals surface area contributed by atoms with E-state index in [1.165, 1.54) is 44.9 Å². The molecule has 1 amide bonds. The maximum Gasteiger partial charge on any atom is 0.230 e. The number of hydrogen-bond acceptors (Lipinski definition) is 3. The van der Waals surface area contributed by atoms with Crippen molar-refractivity contribution in [1.82, 2.24) is 0 Å². The Morgan fingerprint density at radius 1 is 1.03 bits per heavy atom. The number of nitrogen functional groups attached to an aromatic ring is 1. The Bertz CT molecular complexity index is 750. The van der Waals surface area contributed by atoms with Crippen molar-refractivity contribution in [2.24, 2.45) is 5.41 Å². The van der Waals surface area contributed by atoms with Gasteiger partial charge >= 0.3 is 0 Å². The second kappa shape index (κ2) is 10.1. The van der Waals surface area contributed by atoms with E-state index in [9.17, 15) is 4.79 Å². The Labute approximate surface area is 184 Å². The number of hydrogen-bond donors (Lipinski definition) is 2. The topological polar surface area (TPSA) is 64.4 Å². The molecule has 4 nitrogen and oxygen atoms in total. The van der Waals surface area contributed by atoms with Gasteiger partial charge in [0.05, 0.1) is 5.69 Å². The lowest BCUT2D eigenvalue weighted by atomic mass is 9.85. The van der Waals surface area contributed by atoms with Crippen LogP contribution in [0.2, 0.25) is 0 Å². The van der Waals surface area contributed by atoms with Crippen molar-refractivity contribution in [2.45, 2.75) is 118 Å². The lowest BCUT2D eigenvalue weighted by Gasteiger charge is -2.26. The van der Waals surface area contributed by atoms with Crippen molar-refractivity contribution >= 4 is 17.3 Å². The van der Waals surface area contributed by atoms with Gasteiger partial charge in [0.25, 0.3) is 0 Å². The molecule has 0 bridgehead atoms. The molecule has 3 N–H and O–H groups in total. The number of unbranched alkanes of at least 4 members (excludes halogenated alkanes) is 7. The highest BCUT2D eigenvalue weighted by atomic mass is 16.5. The standard InChI is InChI=1S/C26H44N2O2/c1-8-9-10-11-12-13-14-15-16-25(4,5)24(29)28-22-19(3)21(27)18(2)20-17-26(6,7)30-23(20)22/h8-17,27H2,1-7H3,(H,28,29). The van der Waals surface area contributed by atoms with E-state index in [-0.39, 0.29) is 11.5 Å². The molecular formula is C26H44N2O2. The average molecular weight is 417 g/mol. The van der Waals surface area contributed by atoms with Gasteiger partial charge in [-0.05, 0) is 45.2 Å². The first-order valence-corrected chi connectivity index (χ1v) is 11.9. The summed E-state index contributed by atoms with van der Waals surface area (Å²) in [5, 5.41) is 3.19. The third-order valence-electron chi connectivity index (χ3n) is 6.63. The van der Waals surface area contributed by atoms with Gasteiger partial charge in [0.15, 0.2) is 0 Å². The van der Waals surface area contributed by atoms with Gasteiger partial charge in [-0.1, -0.05) is 72.1 Å². The monoisotopic (exact) mass is 416 g/mol. The van der Waals surface area contributed by atoms with Gasteiger partial charge in [-0.25, -0.2) is 0 Å². The summed E-state index contributed by atoms with van der Waals surface area (Å²) in [5.41, 5.74) is 10.3. The molecule has 0 fully saturated rings. The molecule has 1 aliphatic heterocycles. The van der Waals surface area contributed by atoms with E-state index in [1.54, 1.807) is 0 Å². The van der Waals surface area contributed by atoms with Gasteiger partial charge in [0.1, 0.15) is 11.4 Å².